The minimum atomic E-state index is -0.119. The van der Waals surface area contributed by atoms with Crippen LogP contribution in [0.5, 0.6) is 0 Å². The van der Waals surface area contributed by atoms with Gasteiger partial charge in [0.25, 0.3) is 5.91 Å². The second kappa shape index (κ2) is 8.29. The fraction of sp³-hybridized carbons (Fsp3) is 0.588. The molecule has 1 fully saturated rings. The fourth-order valence-electron chi connectivity index (χ4n) is 3.47. The predicted octanol–water partition coefficient (Wildman–Crippen LogP) is 3.22. The van der Waals surface area contributed by atoms with Gasteiger partial charge in [0.05, 0.1) is 4.88 Å². The summed E-state index contributed by atoms with van der Waals surface area (Å²) in [5.41, 5.74) is 6.62. The molecule has 8 heteroatoms. The number of carbonyl (C=O) groups is 1. The van der Waals surface area contributed by atoms with Crippen molar-refractivity contribution in [1.82, 2.24) is 20.1 Å². The highest BCUT2D eigenvalue weighted by Gasteiger charge is 2.22. The first-order chi connectivity index (χ1) is 12.1. The van der Waals surface area contributed by atoms with Crippen molar-refractivity contribution >= 4 is 28.8 Å². The molecule has 0 bridgehead atoms. The summed E-state index contributed by atoms with van der Waals surface area (Å²) >= 11 is 7.57. The Hall–Kier alpha value is -1.44. The van der Waals surface area contributed by atoms with Crippen molar-refractivity contribution < 1.29 is 4.79 Å². The minimum absolute atomic E-state index is 0.00903. The first-order valence-electron chi connectivity index (χ1n) is 8.73. The third-order valence-corrected chi connectivity index (χ3v) is 6.18. The van der Waals surface area contributed by atoms with Gasteiger partial charge in [-0.2, -0.15) is 5.10 Å². The number of hydrogen-bond acceptors (Lipinski definition) is 5. The molecular formula is C17H24ClN5OS. The molecule has 1 saturated carbocycles. The maximum atomic E-state index is 12.6. The van der Waals surface area contributed by atoms with Gasteiger partial charge >= 0.3 is 0 Å². The first-order valence-corrected chi connectivity index (χ1v) is 9.92. The van der Waals surface area contributed by atoms with E-state index in [2.05, 4.69) is 15.4 Å². The van der Waals surface area contributed by atoms with Crippen LogP contribution >= 0.6 is 22.9 Å². The third-order valence-electron chi connectivity index (χ3n) is 4.83. The Bertz CT molecular complexity index is 722. The number of nitrogens with one attached hydrogen (secondary N) is 1. The van der Waals surface area contributed by atoms with E-state index in [1.807, 2.05) is 0 Å². The van der Waals surface area contributed by atoms with Gasteiger partial charge in [0, 0.05) is 25.2 Å². The van der Waals surface area contributed by atoms with Crippen LogP contribution in [0.25, 0.3) is 11.4 Å². The largest absolute Gasteiger partial charge is 0.347 e. The summed E-state index contributed by atoms with van der Waals surface area (Å²) in [6.07, 6.45) is 8.82. The van der Waals surface area contributed by atoms with Gasteiger partial charge in [-0.15, -0.1) is 11.3 Å². The van der Waals surface area contributed by atoms with E-state index in [0.717, 1.165) is 12.0 Å². The Morgan fingerprint density at radius 3 is 2.88 bits per heavy atom. The van der Waals surface area contributed by atoms with E-state index in [1.165, 1.54) is 49.8 Å². The molecule has 1 aliphatic carbocycles. The summed E-state index contributed by atoms with van der Waals surface area (Å²) in [6.45, 7) is 0.456. The van der Waals surface area contributed by atoms with Gasteiger partial charge in [-0.3, -0.25) is 4.79 Å². The Labute approximate surface area is 156 Å². The SMILES string of the molecule is Cn1ncnc1-c1cc(C(=O)NC(CN)CC2CCCCC2)sc1Cl. The predicted molar refractivity (Wildman–Crippen MR) is 101 cm³/mol. The molecule has 0 saturated heterocycles. The molecule has 0 radical (unpaired) electrons. The zero-order valence-corrected chi connectivity index (χ0v) is 15.9. The molecule has 0 aromatic carbocycles. The Morgan fingerprint density at radius 1 is 1.48 bits per heavy atom. The van der Waals surface area contributed by atoms with Crippen LogP contribution in [-0.2, 0) is 7.05 Å². The van der Waals surface area contributed by atoms with Gasteiger partial charge in [0.1, 0.15) is 10.7 Å². The molecule has 0 aliphatic heterocycles. The van der Waals surface area contributed by atoms with Gasteiger partial charge in [-0.1, -0.05) is 43.7 Å². The van der Waals surface area contributed by atoms with E-state index < -0.39 is 0 Å². The van der Waals surface area contributed by atoms with Gasteiger partial charge in [0.2, 0.25) is 0 Å². The molecular weight excluding hydrogens is 358 g/mol. The number of nitrogens with two attached hydrogens (primary N) is 1. The Morgan fingerprint density at radius 2 is 2.24 bits per heavy atom. The second-order valence-electron chi connectivity index (χ2n) is 6.65. The van der Waals surface area contributed by atoms with Crippen LogP contribution in [0.3, 0.4) is 0 Å². The standard InChI is InChI=1S/C17H24ClN5OS/c1-23-16(20-10-21-23)13-8-14(25-15(13)18)17(24)22-12(9-19)7-11-5-3-2-4-6-11/h8,10-12H,2-7,9,19H2,1H3,(H,22,24). The second-order valence-corrected chi connectivity index (χ2v) is 8.31. The lowest BCUT2D eigenvalue weighted by Crippen LogP contribution is -2.41. The summed E-state index contributed by atoms with van der Waals surface area (Å²) in [4.78, 5) is 17.4. The summed E-state index contributed by atoms with van der Waals surface area (Å²) < 4.78 is 2.18. The molecule has 3 rings (SSSR count). The van der Waals surface area contributed by atoms with Crippen LogP contribution in [0.4, 0.5) is 0 Å². The lowest BCUT2D eigenvalue weighted by atomic mass is 9.85. The van der Waals surface area contributed by atoms with E-state index in [1.54, 1.807) is 17.8 Å². The molecule has 3 N–H and O–H groups in total. The Kier molecular flexibility index (Phi) is 6.09. The number of aryl methyl sites for hydroxylation is 1. The molecule has 1 atom stereocenters. The average molecular weight is 382 g/mol. The van der Waals surface area contributed by atoms with Crippen LogP contribution in [0, 0.1) is 5.92 Å². The van der Waals surface area contributed by atoms with Crippen LogP contribution in [0.2, 0.25) is 4.34 Å². The van der Waals surface area contributed by atoms with Gasteiger partial charge in [-0.25, -0.2) is 9.67 Å². The number of aromatic nitrogens is 3. The van der Waals surface area contributed by atoms with Crippen molar-refractivity contribution in [2.24, 2.45) is 18.7 Å². The van der Waals surface area contributed by atoms with E-state index in [0.29, 0.717) is 27.5 Å². The van der Waals surface area contributed by atoms with Gasteiger partial charge in [-0.05, 0) is 18.4 Å². The lowest BCUT2D eigenvalue weighted by molar-refractivity contribution is 0.0934. The van der Waals surface area contributed by atoms with Crippen molar-refractivity contribution in [3.63, 3.8) is 0 Å². The van der Waals surface area contributed by atoms with Crippen LogP contribution in [-0.4, -0.2) is 33.3 Å². The molecule has 136 valence electrons. The molecule has 1 aliphatic rings. The number of thiophene rings is 1. The molecule has 25 heavy (non-hydrogen) atoms. The van der Waals surface area contributed by atoms with E-state index >= 15 is 0 Å². The summed E-state index contributed by atoms with van der Waals surface area (Å²) in [6, 6.07) is 1.79. The number of hydrogen-bond donors (Lipinski definition) is 2. The van der Waals surface area contributed by atoms with E-state index in [9.17, 15) is 4.79 Å². The van der Waals surface area contributed by atoms with Crippen molar-refractivity contribution in [2.45, 2.75) is 44.6 Å². The van der Waals surface area contributed by atoms with E-state index in [4.69, 9.17) is 17.3 Å². The number of nitrogens with zero attached hydrogens (tertiary/aromatic N) is 3. The van der Waals surface area contributed by atoms with Crippen LogP contribution in [0.1, 0.15) is 48.2 Å². The highest BCUT2D eigenvalue weighted by atomic mass is 35.5. The molecule has 1 unspecified atom stereocenters. The topological polar surface area (TPSA) is 85.8 Å². The highest BCUT2D eigenvalue weighted by Crippen LogP contribution is 2.34. The third kappa shape index (κ3) is 4.40. The number of rotatable bonds is 6. The maximum Gasteiger partial charge on any atom is 0.261 e. The van der Waals surface area contributed by atoms with Crippen molar-refractivity contribution in [2.75, 3.05) is 6.54 Å². The number of amides is 1. The fourth-order valence-corrected chi connectivity index (χ4v) is 4.64. The number of carbonyl (C=O) groups excluding carboxylic acids is 1. The van der Waals surface area contributed by atoms with Crippen LogP contribution < -0.4 is 11.1 Å². The lowest BCUT2D eigenvalue weighted by Gasteiger charge is -2.26. The Balaban J connectivity index is 1.67. The minimum Gasteiger partial charge on any atom is -0.347 e. The summed E-state index contributed by atoms with van der Waals surface area (Å²) in [5, 5.41) is 7.13. The smallest absolute Gasteiger partial charge is 0.261 e. The number of halogens is 1. The maximum absolute atomic E-state index is 12.6. The molecule has 6 nitrogen and oxygen atoms in total. The average Bonchev–Trinajstić information content (AvgIpc) is 3.20. The molecule has 2 aromatic rings. The monoisotopic (exact) mass is 381 g/mol. The summed E-state index contributed by atoms with van der Waals surface area (Å²) in [7, 11) is 1.80. The molecule has 2 heterocycles. The quantitative estimate of drug-likeness (QED) is 0.804. The van der Waals surface area contributed by atoms with Crippen molar-refractivity contribution in [3.05, 3.63) is 21.6 Å². The highest BCUT2D eigenvalue weighted by molar-refractivity contribution is 7.18. The van der Waals surface area contributed by atoms with Crippen molar-refractivity contribution in [3.8, 4) is 11.4 Å². The molecule has 1 amide bonds. The molecule has 0 spiro atoms. The van der Waals surface area contributed by atoms with E-state index in [-0.39, 0.29) is 11.9 Å². The van der Waals surface area contributed by atoms with Crippen molar-refractivity contribution in [1.29, 1.82) is 0 Å². The summed E-state index contributed by atoms with van der Waals surface area (Å²) in [5.74, 6) is 1.20. The van der Waals surface area contributed by atoms with Crippen LogP contribution in [0.15, 0.2) is 12.4 Å². The first kappa shape index (κ1) is 18.4. The van der Waals surface area contributed by atoms with Gasteiger partial charge in [0.15, 0.2) is 5.82 Å². The zero-order chi connectivity index (χ0) is 17.8. The van der Waals surface area contributed by atoms with Gasteiger partial charge < -0.3 is 11.1 Å². The zero-order valence-electron chi connectivity index (χ0n) is 14.4. The normalized spacial score (nSPS) is 16.8. The molecule has 2 aromatic heterocycles.